The molecular weight excluding hydrogens is 532 g/mol. The second-order valence-electron chi connectivity index (χ2n) is 8.87. The summed E-state index contributed by atoms with van der Waals surface area (Å²) in [6, 6.07) is 12.4. The van der Waals surface area contributed by atoms with E-state index in [1.165, 1.54) is 12.7 Å². The molecule has 3 aromatic heterocycles. The first-order chi connectivity index (χ1) is 19.4. The quantitative estimate of drug-likeness (QED) is 0.247. The summed E-state index contributed by atoms with van der Waals surface area (Å²) < 4.78 is 13.6. The van der Waals surface area contributed by atoms with Crippen molar-refractivity contribution >= 4 is 51.3 Å². The highest BCUT2D eigenvalue weighted by Crippen LogP contribution is 2.36. The number of hydrogen-bond donors (Lipinski definition) is 2. The zero-order valence-electron chi connectivity index (χ0n) is 22.0. The topological polar surface area (TPSA) is 119 Å². The number of rotatable bonds is 9. The number of likely N-dealkylation sites (N-methyl/N-ethyl adjacent to an activating group) is 1. The Morgan fingerprint density at radius 2 is 1.95 bits per heavy atom. The van der Waals surface area contributed by atoms with E-state index in [0.717, 1.165) is 0 Å². The van der Waals surface area contributed by atoms with E-state index in [1.54, 1.807) is 54.0 Å². The number of ether oxygens (including phenoxy) is 2. The van der Waals surface area contributed by atoms with Gasteiger partial charge in [0, 0.05) is 35.9 Å². The molecule has 0 aliphatic carbocycles. The van der Waals surface area contributed by atoms with Gasteiger partial charge < -0.3 is 25.0 Å². The van der Waals surface area contributed by atoms with Gasteiger partial charge in [-0.05, 0) is 57.3 Å². The Labute approximate surface area is 235 Å². The van der Waals surface area contributed by atoms with Crippen molar-refractivity contribution in [3.05, 3.63) is 66.3 Å². The number of carbonyl (C=O) groups is 1. The maximum atomic E-state index is 12.3. The molecule has 0 atom stereocenters. The highest BCUT2D eigenvalue weighted by molar-refractivity contribution is 6.32. The molecule has 0 bridgehead atoms. The summed E-state index contributed by atoms with van der Waals surface area (Å²) in [7, 11) is 3.91. The van der Waals surface area contributed by atoms with Gasteiger partial charge in [0.05, 0.1) is 16.2 Å². The highest BCUT2D eigenvalue weighted by Gasteiger charge is 2.14. The Morgan fingerprint density at radius 3 is 2.75 bits per heavy atom. The van der Waals surface area contributed by atoms with Crippen LogP contribution in [-0.4, -0.2) is 62.6 Å². The Morgan fingerprint density at radius 1 is 1.07 bits per heavy atom. The number of anilines is 3. The van der Waals surface area contributed by atoms with Crippen LogP contribution in [0.5, 0.6) is 17.2 Å². The summed E-state index contributed by atoms with van der Waals surface area (Å²) >= 11 is 6.55. The van der Waals surface area contributed by atoms with E-state index in [0.29, 0.717) is 69.2 Å². The van der Waals surface area contributed by atoms with Crippen LogP contribution in [0.25, 0.3) is 16.6 Å². The standard InChI is InChI=1S/C28H25ClN8O3/c1-4-5-27(38)35-23-14-20-22(15-25(23)39-11-10-36(2)3)30-16-32-28(20)34-18-6-7-24(21(29)12-18)40-19-8-9-37-26(13-19)31-17-33-37/h6-9,12-17H,10-11H2,1-3H3,(H,35,38)(H,30,32,34). The first-order valence-corrected chi connectivity index (χ1v) is 12.6. The number of hydrogen-bond acceptors (Lipinski definition) is 9. The lowest BCUT2D eigenvalue weighted by atomic mass is 10.1. The molecule has 0 saturated carbocycles. The molecular formula is C28H25ClN8O3. The fourth-order valence-electron chi connectivity index (χ4n) is 3.79. The average molecular weight is 557 g/mol. The van der Waals surface area contributed by atoms with Crippen LogP contribution in [0, 0.1) is 11.8 Å². The molecule has 202 valence electrons. The minimum atomic E-state index is -0.448. The van der Waals surface area contributed by atoms with Crippen LogP contribution in [0.2, 0.25) is 5.02 Å². The smallest absolute Gasteiger partial charge is 0.300 e. The van der Waals surface area contributed by atoms with Crippen molar-refractivity contribution in [3.8, 4) is 29.1 Å². The van der Waals surface area contributed by atoms with Gasteiger partial charge >= 0.3 is 0 Å². The van der Waals surface area contributed by atoms with Gasteiger partial charge in [0.1, 0.15) is 42.3 Å². The van der Waals surface area contributed by atoms with E-state index in [1.807, 2.05) is 25.1 Å². The Bertz CT molecular complexity index is 1760. The fraction of sp³-hybridized carbons (Fsp3) is 0.179. The number of carbonyl (C=O) groups excluding carboxylic acids is 1. The van der Waals surface area contributed by atoms with Crippen molar-refractivity contribution in [2.75, 3.05) is 37.9 Å². The molecule has 2 N–H and O–H groups in total. The van der Waals surface area contributed by atoms with Gasteiger partial charge in [-0.25, -0.2) is 19.5 Å². The van der Waals surface area contributed by atoms with Crippen LogP contribution in [-0.2, 0) is 4.79 Å². The maximum Gasteiger partial charge on any atom is 0.300 e. The van der Waals surface area contributed by atoms with E-state index >= 15 is 0 Å². The van der Waals surface area contributed by atoms with Crippen molar-refractivity contribution in [2.24, 2.45) is 0 Å². The summed E-state index contributed by atoms with van der Waals surface area (Å²) in [5.74, 6) is 6.70. The molecule has 2 aromatic carbocycles. The van der Waals surface area contributed by atoms with Crippen molar-refractivity contribution in [3.63, 3.8) is 0 Å². The van der Waals surface area contributed by atoms with Gasteiger partial charge in [0.15, 0.2) is 5.65 Å². The van der Waals surface area contributed by atoms with E-state index in [-0.39, 0.29) is 0 Å². The van der Waals surface area contributed by atoms with Gasteiger partial charge in [0.25, 0.3) is 5.91 Å². The third-order valence-corrected chi connectivity index (χ3v) is 5.99. The lowest BCUT2D eigenvalue weighted by Gasteiger charge is -2.16. The SMILES string of the molecule is CC#CC(=O)Nc1cc2c(Nc3ccc(Oc4ccn5ncnc5c4)c(Cl)c3)ncnc2cc1OCCN(C)C. The number of nitrogens with one attached hydrogen (secondary N) is 2. The molecule has 0 radical (unpaired) electrons. The molecule has 0 aliphatic heterocycles. The van der Waals surface area contributed by atoms with Crippen molar-refractivity contribution in [1.82, 2.24) is 29.5 Å². The molecule has 5 aromatic rings. The third kappa shape index (κ3) is 6.20. The zero-order chi connectivity index (χ0) is 28.1. The number of benzene rings is 2. The lowest BCUT2D eigenvalue weighted by Crippen LogP contribution is -2.20. The number of aromatic nitrogens is 5. The molecule has 3 heterocycles. The van der Waals surface area contributed by atoms with E-state index < -0.39 is 5.91 Å². The van der Waals surface area contributed by atoms with Crippen LogP contribution in [0.15, 0.2) is 61.3 Å². The summed E-state index contributed by atoms with van der Waals surface area (Å²) in [5, 5.41) is 11.2. The predicted molar refractivity (Wildman–Crippen MR) is 153 cm³/mol. The van der Waals surface area contributed by atoms with Crippen molar-refractivity contribution in [2.45, 2.75) is 6.92 Å². The predicted octanol–water partition coefficient (Wildman–Crippen LogP) is 4.76. The summed E-state index contributed by atoms with van der Waals surface area (Å²) in [6.45, 7) is 2.73. The maximum absolute atomic E-state index is 12.3. The van der Waals surface area contributed by atoms with Crippen LogP contribution < -0.4 is 20.1 Å². The number of pyridine rings is 1. The molecule has 0 unspecified atom stereocenters. The third-order valence-electron chi connectivity index (χ3n) is 5.69. The summed E-state index contributed by atoms with van der Waals surface area (Å²) in [5.41, 5.74) is 2.43. The second-order valence-corrected chi connectivity index (χ2v) is 9.27. The average Bonchev–Trinajstić information content (AvgIpc) is 3.39. The van der Waals surface area contributed by atoms with E-state index in [4.69, 9.17) is 21.1 Å². The zero-order valence-corrected chi connectivity index (χ0v) is 22.7. The molecule has 40 heavy (non-hydrogen) atoms. The van der Waals surface area contributed by atoms with Gasteiger partial charge in [-0.2, -0.15) is 5.10 Å². The van der Waals surface area contributed by atoms with Gasteiger partial charge in [-0.15, -0.1) is 0 Å². The van der Waals surface area contributed by atoms with Crippen molar-refractivity contribution in [1.29, 1.82) is 0 Å². The molecule has 0 fully saturated rings. The molecule has 5 rings (SSSR count). The number of amides is 1. The highest BCUT2D eigenvalue weighted by atomic mass is 35.5. The van der Waals surface area contributed by atoms with Crippen LogP contribution in [0.3, 0.4) is 0 Å². The second kappa shape index (κ2) is 11.9. The first kappa shape index (κ1) is 26.7. The Balaban J connectivity index is 1.41. The van der Waals surface area contributed by atoms with Gasteiger partial charge in [0.2, 0.25) is 0 Å². The molecule has 11 nitrogen and oxygen atoms in total. The molecule has 1 amide bonds. The number of halogens is 1. The van der Waals surface area contributed by atoms with Crippen LogP contribution >= 0.6 is 11.6 Å². The minimum Gasteiger partial charge on any atom is -0.490 e. The monoisotopic (exact) mass is 556 g/mol. The van der Waals surface area contributed by atoms with Crippen molar-refractivity contribution < 1.29 is 14.3 Å². The molecule has 0 aliphatic rings. The van der Waals surface area contributed by atoms with Gasteiger partial charge in [-0.3, -0.25) is 4.79 Å². The largest absolute Gasteiger partial charge is 0.490 e. The Hall–Kier alpha value is -4.92. The Kier molecular flexibility index (Phi) is 7.91. The van der Waals surface area contributed by atoms with Crippen LogP contribution in [0.4, 0.5) is 17.2 Å². The summed E-state index contributed by atoms with van der Waals surface area (Å²) in [4.78, 5) is 27.3. The molecule has 0 spiro atoms. The van der Waals surface area contributed by atoms with E-state index in [9.17, 15) is 4.79 Å². The first-order valence-electron chi connectivity index (χ1n) is 12.2. The molecule has 12 heteroatoms. The minimum absolute atomic E-state index is 0.396. The van der Waals surface area contributed by atoms with Crippen LogP contribution in [0.1, 0.15) is 6.92 Å². The van der Waals surface area contributed by atoms with Gasteiger partial charge in [-0.1, -0.05) is 17.5 Å². The number of nitrogens with zero attached hydrogens (tertiary/aromatic N) is 6. The van der Waals surface area contributed by atoms with E-state index in [2.05, 4.69) is 42.5 Å². The lowest BCUT2D eigenvalue weighted by molar-refractivity contribution is -0.111. The molecule has 0 saturated heterocycles. The fourth-order valence-corrected chi connectivity index (χ4v) is 4.01. The normalized spacial score (nSPS) is 10.8. The number of fused-ring (bicyclic) bond motifs is 2. The summed E-state index contributed by atoms with van der Waals surface area (Å²) in [6.07, 6.45) is 4.68.